The van der Waals surface area contributed by atoms with Gasteiger partial charge in [0, 0.05) is 29.6 Å². The lowest BCUT2D eigenvalue weighted by atomic mass is 10.0. The molecule has 0 saturated heterocycles. The summed E-state index contributed by atoms with van der Waals surface area (Å²) in [4.78, 5) is 28.3. The Labute approximate surface area is 199 Å². The molecule has 0 spiro atoms. The first-order valence-electron chi connectivity index (χ1n) is 10.6. The van der Waals surface area contributed by atoms with Gasteiger partial charge >= 0.3 is 0 Å². The zero-order valence-electron chi connectivity index (χ0n) is 17.9. The molecule has 3 rings (SSSR count). The lowest BCUT2D eigenvalue weighted by Gasteiger charge is -2.32. The molecular formula is C26H26Cl2N2O2. The van der Waals surface area contributed by atoms with E-state index in [9.17, 15) is 9.59 Å². The number of nitrogens with zero attached hydrogens (tertiary/aromatic N) is 1. The number of likely N-dealkylation sites (N-methyl/N-ethyl adjacent to an activating group) is 1. The Morgan fingerprint density at radius 2 is 1.41 bits per heavy atom. The van der Waals surface area contributed by atoms with Crippen LogP contribution in [0.15, 0.2) is 78.9 Å². The molecule has 0 saturated carbocycles. The van der Waals surface area contributed by atoms with Crippen molar-refractivity contribution in [3.63, 3.8) is 0 Å². The van der Waals surface area contributed by atoms with Gasteiger partial charge in [-0.25, -0.2) is 0 Å². The number of hydrogen-bond acceptors (Lipinski definition) is 2. The molecule has 166 valence electrons. The molecule has 32 heavy (non-hydrogen) atoms. The minimum Gasteiger partial charge on any atom is -0.355 e. The summed E-state index contributed by atoms with van der Waals surface area (Å²) < 4.78 is 0. The van der Waals surface area contributed by atoms with E-state index in [0.29, 0.717) is 23.0 Å². The number of rotatable bonds is 9. The summed E-state index contributed by atoms with van der Waals surface area (Å²) in [5.41, 5.74) is 2.47. The predicted molar refractivity (Wildman–Crippen MR) is 130 cm³/mol. The second-order valence-corrected chi connectivity index (χ2v) is 8.30. The molecule has 0 bridgehead atoms. The molecule has 3 aromatic carbocycles. The fourth-order valence-corrected chi connectivity index (χ4v) is 3.96. The molecular weight excluding hydrogens is 443 g/mol. The van der Waals surface area contributed by atoms with Crippen molar-refractivity contribution in [2.45, 2.75) is 32.4 Å². The maximum atomic E-state index is 13.6. The Morgan fingerprint density at radius 3 is 2.00 bits per heavy atom. The number of benzene rings is 3. The number of carbonyl (C=O) groups is 2. The summed E-state index contributed by atoms with van der Waals surface area (Å²) in [6.45, 7) is 2.56. The Balaban J connectivity index is 1.98. The van der Waals surface area contributed by atoms with E-state index in [-0.39, 0.29) is 24.8 Å². The van der Waals surface area contributed by atoms with Gasteiger partial charge in [-0.15, -0.1) is 0 Å². The maximum absolute atomic E-state index is 13.6. The first-order valence-corrected chi connectivity index (χ1v) is 11.3. The van der Waals surface area contributed by atoms with Crippen LogP contribution in [0.4, 0.5) is 0 Å². The summed E-state index contributed by atoms with van der Waals surface area (Å²) in [6.07, 6.45) is 0.486. The summed E-state index contributed by atoms with van der Waals surface area (Å²) in [5.74, 6) is -0.388. The number of hydrogen-bond donors (Lipinski definition) is 1. The van der Waals surface area contributed by atoms with Gasteiger partial charge in [0.2, 0.25) is 11.8 Å². The van der Waals surface area contributed by atoms with Crippen LogP contribution in [0.3, 0.4) is 0 Å². The van der Waals surface area contributed by atoms with E-state index in [1.165, 1.54) is 0 Å². The van der Waals surface area contributed by atoms with Crippen LogP contribution < -0.4 is 5.32 Å². The highest BCUT2D eigenvalue weighted by molar-refractivity contribution is 6.31. The third-order valence-electron chi connectivity index (χ3n) is 5.22. The molecule has 0 aliphatic heterocycles. The van der Waals surface area contributed by atoms with Crippen molar-refractivity contribution >= 4 is 35.0 Å². The van der Waals surface area contributed by atoms with Crippen LogP contribution in [0.2, 0.25) is 10.0 Å². The number of nitrogens with one attached hydrogen (secondary N) is 1. The Bertz CT molecular complexity index is 1060. The van der Waals surface area contributed by atoms with Crippen molar-refractivity contribution in [3.05, 3.63) is 106 Å². The van der Waals surface area contributed by atoms with E-state index >= 15 is 0 Å². The van der Waals surface area contributed by atoms with Crippen molar-refractivity contribution in [1.29, 1.82) is 0 Å². The maximum Gasteiger partial charge on any atom is 0.243 e. The Hall–Kier alpha value is -2.82. The minimum absolute atomic E-state index is 0.0921. The highest BCUT2D eigenvalue weighted by atomic mass is 35.5. The molecule has 0 unspecified atom stereocenters. The molecule has 0 fully saturated rings. The van der Waals surface area contributed by atoms with E-state index in [1.54, 1.807) is 17.0 Å². The highest BCUT2D eigenvalue weighted by Gasteiger charge is 2.30. The van der Waals surface area contributed by atoms with Crippen LogP contribution in [0.5, 0.6) is 0 Å². The van der Waals surface area contributed by atoms with E-state index in [4.69, 9.17) is 23.2 Å². The van der Waals surface area contributed by atoms with Gasteiger partial charge in [-0.3, -0.25) is 9.59 Å². The minimum atomic E-state index is -0.691. The molecule has 0 heterocycles. The van der Waals surface area contributed by atoms with Gasteiger partial charge in [0.1, 0.15) is 6.04 Å². The van der Waals surface area contributed by atoms with E-state index in [2.05, 4.69) is 5.32 Å². The van der Waals surface area contributed by atoms with Crippen molar-refractivity contribution in [3.8, 4) is 0 Å². The predicted octanol–water partition coefficient (Wildman–Crippen LogP) is 5.31. The SMILES string of the molecule is CCNC(=O)[C@@H](Cc1ccccc1)N(Cc1ccccc1Cl)C(=O)Cc1ccccc1Cl. The molecule has 2 amide bonds. The van der Waals surface area contributed by atoms with E-state index in [1.807, 2.05) is 73.7 Å². The normalized spacial score (nSPS) is 11.6. The summed E-state index contributed by atoms with van der Waals surface area (Å²) >= 11 is 12.7. The van der Waals surface area contributed by atoms with Gasteiger partial charge in [0.25, 0.3) is 0 Å². The van der Waals surface area contributed by atoms with Gasteiger partial charge in [-0.2, -0.15) is 0 Å². The zero-order valence-corrected chi connectivity index (χ0v) is 19.4. The second kappa shape index (κ2) is 11.7. The first kappa shape index (κ1) is 23.8. The average Bonchev–Trinajstić information content (AvgIpc) is 2.79. The zero-order chi connectivity index (χ0) is 22.9. The molecule has 0 radical (unpaired) electrons. The topological polar surface area (TPSA) is 49.4 Å². The van der Waals surface area contributed by atoms with Crippen molar-refractivity contribution < 1.29 is 9.59 Å². The molecule has 6 heteroatoms. The van der Waals surface area contributed by atoms with Crippen LogP contribution in [0.25, 0.3) is 0 Å². The number of carbonyl (C=O) groups excluding carboxylic acids is 2. The van der Waals surface area contributed by atoms with Crippen LogP contribution in [-0.4, -0.2) is 29.3 Å². The Morgan fingerprint density at radius 1 is 0.844 bits per heavy atom. The van der Waals surface area contributed by atoms with Crippen LogP contribution in [-0.2, 0) is 29.0 Å². The highest BCUT2D eigenvalue weighted by Crippen LogP contribution is 2.23. The second-order valence-electron chi connectivity index (χ2n) is 7.48. The van der Waals surface area contributed by atoms with Gasteiger partial charge in [-0.05, 0) is 35.7 Å². The summed E-state index contributed by atoms with van der Waals surface area (Å²) in [6, 6.07) is 23.6. The monoisotopic (exact) mass is 468 g/mol. The molecule has 1 N–H and O–H groups in total. The van der Waals surface area contributed by atoms with Crippen LogP contribution in [0, 0.1) is 0 Å². The summed E-state index contributed by atoms with van der Waals surface area (Å²) in [5, 5.41) is 3.96. The number of halogens is 2. The number of amides is 2. The third-order valence-corrected chi connectivity index (χ3v) is 5.96. The average molecular weight is 469 g/mol. The standard InChI is InChI=1S/C26H26Cl2N2O2/c1-2-29-26(32)24(16-19-10-4-3-5-11-19)30(18-21-13-7-9-15-23(21)28)25(31)17-20-12-6-8-14-22(20)27/h3-15,24H,2,16-18H2,1H3,(H,29,32)/t24-/m1/s1. The summed E-state index contributed by atoms with van der Waals surface area (Å²) in [7, 11) is 0. The fraction of sp³-hybridized carbons (Fsp3) is 0.231. The fourth-order valence-electron chi connectivity index (χ4n) is 3.56. The molecule has 4 nitrogen and oxygen atoms in total. The third kappa shape index (κ3) is 6.35. The molecule has 0 aliphatic carbocycles. The molecule has 1 atom stereocenters. The van der Waals surface area contributed by atoms with Crippen LogP contribution >= 0.6 is 23.2 Å². The molecule has 0 aliphatic rings. The molecule has 3 aromatic rings. The van der Waals surface area contributed by atoms with E-state index < -0.39 is 6.04 Å². The molecule has 0 aromatic heterocycles. The lowest BCUT2D eigenvalue weighted by molar-refractivity contribution is -0.140. The van der Waals surface area contributed by atoms with Gasteiger partial charge in [0.15, 0.2) is 0 Å². The van der Waals surface area contributed by atoms with Gasteiger partial charge in [-0.1, -0.05) is 89.9 Å². The Kier molecular flexibility index (Phi) is 8.72. The quantitative estimate of drug-likeness (QED) is 0.462. The van der Waals surface area contributed by atoms with Crippen LogP contribution in [0.1, 0.15) is 23.6 Å². The van der Waals surface area contributed by atoms with Crippen molar-refractivity contribution in [2.24, 2.45) is 0 Å². The van der Waals surface area contributed by atoms with E-state index in [0.717, 1.165) is 16.7 Å². The van der Waals surface area contributed by atoms with Crippen molar-refractivity contribution in [2.75, 3.05) is 6.54 Å². The van der Waals surface area contributed by atoms with Gasteiger partial charge in [0.05, 0.1) is 6.42 Å². The lowest BCUT2D eigenvalue weighted by Crippen LogP contribution is -2.51. The first-order chi connectivity index (χ1) is 15.5. The smallest absolute Gasteiger partial charge is 0.243 e. The largest absolute Gasteiger partial charge is 0.355 e. The van der Waals surface area contributed by atoms with Gasteiger partial charge < -0.3 is 10.2 Å². The van der Waals surface area contributed by atoms with Crippen molar-refractivity contribution in [1.82, 2.24) is 10.2 Å².